The minimum Gasteiger partial charge on any atom is -0.383 e. The molecule has 21 heavy (non-hydrogen) atoms. The third-order valence-corrected chi connectivity index (χ3v) is 4.79. The van der Waals surface area contributed by atoms with Crippen LogP contribution in [0.3, 0.4) is 0 Å². The van der Waals surface area contributed by atoms with E-state index < -0.39 is 6.10 Å². The van der Waals surface area contributed by atoms with E-state index in [9.17, 15) is 5.11 Å². The van der Waals surface area contributed by atoms with Crippen molar-refractivity contribution in [3.63, 3.8) is 0 Å². The van der Waals surface area contributed by atoms with Gasteiger partial charge in [-0.2, -0.15) is 0 Å². The lowest BCUT2D eigenvalue weighted by molar-refractivity contribution is 0.224. The highest BCUT2D eigenvalue weighted by Gasteiger charge is 2.14. The Hall–Kier alpha value is -1.64. The lowest BCUT2D eigenvalue weighted by atomic mass is 9.98. The molecule has 1 unspecified atom stereocenters. The number of hydrogen-bond acceptors (Lipinski definition) is 2. The van der Waals surface area contributed by atoms with E-state index in [1.165, 1.54) is 15.6 Å². The zero-order valence-corrected chi connectivity index (χ0v) is 13.2. The van der Waals surface area contributed by atoms with Crippen molar-refractivity contribution >= 4 is 21.4 Å². The third-order valence-electron chi connectivity index (χ3n) is 3.62. The summed E-state index contributed by atoms with van der Waals surface area (Å²) in [6.07, 6.45) is 0.516. The molecule has 0 saturated heterocycles. The molecule has 2 aromatic carbocycles. The molecule has 1 N–H and O–H groups in total. The molecule has 0 aliphatic heterocycles. The molecule has 3 aromatic rings. The lowest BCUT2D eigenvalue weighted by Crippen LogP contribution is -2.00. The second-order valence-corrected chi connectivity index (χ2v) is 7.05. The fraction of sp³-hybridized carbons (Fsp3) is 0.263. The van der Waals surface area contributed by atoms with Gasteiger partial charge in [0.2, 0.25) is 0 Å². The molecule has 1 heterocycles. The number of benzene rings is 2. The van der Waals surface area contributed by atoms with Gasteiger partial charge in [-0.25, -0.2) is 0 Å². The Morgan fingerprint density at radius 2 is 1.81 bits per heavy atom. The molecule has 2 heteroatoms. The average molecular weight is 296 g/mol. The molecule has 0 spiro atoms. The van der Waals surface area contributed by atoms with Gasteiger partial charge in [0.1, 0.15) is 6.10 Å². The van der Waals surface area contributed by atoms with Gasteiger partial charge in [-0.05, 0) is 41.0 Å². The molecule has 0 amide bonds. The summed E-state index contributed by atoms with van der Waals surface area (Å²) in [4.78, 5) is 1.01. The third kappa shape index (κ3) is 3.17. The number of aliphatic hydroxyl groups is 1. The molecule has 1 nitrogen and oxygen atoms in total. The Labute approximate surface area is 129 Å². The van der Waals surface area contributed by atoms with Crippen LogP contribution in [0.25, 0.3) is 10.1 Å². The maximum atomic E-state index is 10.7. The van der Waals surface area contributed by atoms with E-state index in [2.05, 4.69) is 44.2 Å². The number of rotatable bonds is 4. The molecule has 0 aliphatic carbocycles. The quantitative estimate of drug-likeness (QED) is 0.703. The summed E-state index contributed by atoms with van der Waals surface area (Å²) in [6, 6.07) is 18.7. The molecular weight excluding hydrogens is 276 g/mol. The molecule has 1 atom stereocenters. The van der Waals surface area contributed by atoms with Crippen molar-refractivity contribution in [1.29, 1.82) is 0 Å². The van der Waals surface area contributed by atoms with Crippen LogP contribution in [0.2, 0.25) is 0 Å². The van der Waals surface area contributed by atoms with E-state index >= 15 is 0 Å². The van der Waals surface area contributed by atoms with Gasteiger partial charge in [-0.1, -0.05) is 56.3 Å². The van der Waals surface area contributed by atoms with Gasteiger partial charge in [0.05, 0.1) is 0 Å². The largest absolute Gasteiger partial charge is 0.383 e. The van der Waals surface area contributed by atoms with Crippen LogP contribution in [-0.4, -0.2) is 5.11 Å². The van der Waals surface area contributed by atoms with Crippen LogP contribution in [0, 0.1) is 5.92 Å². The van der Waals surface area contributed by atoms with Crippen molar-refractivity contribution in [1.82, 2.24) is 0 Å². The molecule has 0 saturated carbocycles. The summed E-state index contributed by atoms with van der Waals surface area (Å²) in [7, 11) is 0. The van der Waals surface area contributed by atoms with Crippen LogP contribution >= 0.6 is 11.3 Å². The lowest BCUT2D eigenvalue weighted by Gasteiger charge is -2.11. The van der Waals surface area contributed by atoms with E-state index in [4.69, 9.17) is 0 Å². The fourth-order valence-corrected chi connectivity index (χ4v) is 3.74. The van der Waals surface area contributed by atoms with Gasteiger partial charge in [-0.15, -0.1) is 11.3 Å². The maximum absolute atomic E-state index is 10.7. The second kappa shape index (κ2) is 6.00. The van der Waals surface area contributed by atoms with E-state index in [1.54, 1.807) is 11.3 Å². The Balaban J connectivity index is 1.92. The molecule has 1 aromatic heterocycles. The number of fused-ring (bicyclic) bond motifs is 1. The van der Waals surface area contributed by atoms with Gasteiger partial charge in [-0.3, -0.25) is 0 Å². The van der Waals surface area contributed by atoms with Crippen molar-refractivity contribution in [2.75, 3.05) is 0 Å². The van der Waals surface area contributed by atoms with Crippen LogP contribution in [0.15, 0.2) is 54.6 Å². The average Bonchev–Trinajstić information content (AvgIpc) is 2.90. The van der Waals surface area contributed by atoms with E-state index in [0.717, 1.165) is 16.9 Å². The number of thiophene rings is 1. The smallest absolute Gasteiger partial charge is 0.113 e. The zero-order valence-electron chi connectivity index (χ0n) is 12.4. The predicted molar refractivity (Wildman–Crippen MR) is 90.9 cm³/mol. The summed E-state index contributed by atoms with van der Waals surface area (Å²) in [5.74, 6) is 0.627. The number of aliphatic hydroxyl groups excluding tert-OH is 1. The van der Waals surface area contributed by atoms with Crippen LogP contribution in [0.5, 0.6) is 0 Å². The molecule has 0 bridgehead atoms. The summed E-state index contributed by atoms with van der Waals surface area (Å²) in [5, 5.41) is 11.9. The van der Waals surface area contributed by atoms with Crippen LogP contribution in [0.4, 0.5) is 0 Å². The first kappa shape index (κ1) is 14.3. The summed E-state index contributed by atoms with van der Waals surface area (Å²) < 4.78 is 1.23. The summed E-state index contributed by atoms with van der Waals surface area (Å²) in [6.45, 7) is 4.43. The Kier molecular flexibility index (Phi) is 4.09. The normalized spacial score (nSPS) is 13.0. The van der Waals surface area contributed by atoms with Crippen molar-refractivity contribution in [3.8, 4) is 0 Å². The minimum absolute atomic E-state index is 0.533. The van der Waals surface area contributed by atoms with E-state index in [1.807, 2.05) is 24.3 Å². The van der Waals surface area contributed by atoms with Gasteiger partial charge in [0, 0.05) is 9.58 Å². The van der Waals surface area contributed by atoms with Gasteiger partial charge >= 0.3 is 0 Å². The highest BCUT2D eigenvalue weighted by atomic mass is 32.1. The summed E-state index contributed by atoms with van der Waals surface area (Å²) in [5.41, 5.74) is 2.28. The Morgan fingerprint density at radius 1 is 1.00 bits per heavy atom. The molecule has 3 rings (SSSR count). The van der Waals surface area contributed by atoms with Gasteiger partial charge < -0.3 is 5.11 Å². The van der Waals surface area contributed by atoms with Crippen LogP contribution in [-0.2, 0) is 6.42 Å². The van der Waals surface area contributed by atoms with Crippen LogP contribution < -0.4 is 0 Å². The fourth-order valence-electron chi connectivity index (χ4n) is 2.66. The first-order valence-electron chi connectivity index (χ1n) is 7.39. The first-order valence-corrected chi connectivity index (χ1v) is 8.20. The molecule has 0 radical (unpaired) electrons. The maximum Gasteiger partial charge on any atom is 0.113 e. The molecule has 108 valence electrons. The molecule has 0 fully saturated rings. The first-order chi connectivity index (χ1) is 10.1. The topological polar surface area (TPSA) is 20.2 Å². The molecule has 0 aliphatic rings. The van der Waals surface area contributed by atoms with Crippen molar-refractivity contribution in [2.45, 2.75) is 26.4 Å². The molecular formula is C19H20OS. The van der Waals surface area contributed by atoms with Crippen LogP contribution in [0.1, 0.15) is 36.0 Å². The Bertz CT molecular complexity index is 709. The Morgan fingerprint density at radius 3 is 2.57 bits per heavy atom. The second-order valence-electron chi connectivity index (χ2n) is 5.93. The van der Waals surface area contributed by atoms with Gasteiger partial charge in [0.15, 0.2) is 0 Å². The van der Waals surface area contributed by atoms with E-state index in [-0.39, 0.29) is 0 Å². The van der Waals surface area contributed by atoms with Crippen molar-refractivity contribution < 1.29 is 5.11 Å². The highest BCUT2D eigenvalue weighted by Crippen LogP contribution is 2.33. The number of hydrogen-bond donors (Lipinski definition) is 1. The minimum atomic E-state index is -0.533. The van der Waals surface area contributed by atoms with Crippen molar-refractivity contribution in [2.24, 2.45) is 5.92 Å². The SMILES string of the molecule is CC(C)Cc1cccc(C(O)c2cc3ccccc3s2)c1. The van der Waals surface area contributed by atoms with Crippen molar-refractivity contribution in [3.05, 3.63) is 70.6 Å². The standard InChI is InChI=1S/C19H20OS/c1-13(2)10-14-6-5-8-16(11-14)19(20)18-12-15-7-3-4-9-17(15)21-18/h3-9,11-13,19-20H,10H2,1-2H3. The summed E-state index contributed by atoms with van der Waals surface area (Å²) >= 11 is 1.67. The zero-order chi connectivity index (χ0) is 14.8. The highest BCUT2D eigenvalue weighted by molar-refractivity contribution is 7.19. The van der Waals surface area contributed by atoms with E-state index in [0.29, 0.717) is 5.92 Å². The monoisotopic (exact) mass is 296 g/mol. The predicted octanol–water partition coefficient (Wildman–Crippen LogP) is 5.18. The van der Waals surface area contributed by atoms with Gasteiger partial charge in [0.25, 0.3) is 0 Å².